The molecule has 1 N–H and O–H groups in total. The second kappa shape index (κ2) is 2.08. The van der Waals surface area contributed by atoms with Gasteiger partial charge >= 0.3 is 0 Å². The van der Waals surface area contributed by atoms with Crippen molar-refractivity contribution in [1.82, 2.24) is 5.32 Å². The molecule has 0 spiro atoms. The predicted octanol–water partition coefficient (Wildman–Crippen LogP) is 0.449. The van der Waals surface area contributed by atoms with Gasteiger partial charge < -0.3 is 0 Å². The maximum atomic E-state index is 11.2. The van der Waals surface area contributed by atoms with Crippen molar-refractivity contribution < 1.29 is 13.7 Å². The molecule has 1 atom stereocenters. The van der Waals surface area contributed by atoms with Crippen LogP contribution in [0.1, 0.15) is 30.7 Å². The van der Waals surface area contributed by atoms with Crippen molar-refractivity contribution >= 4 is 11.8 Å². The molecular formula is C7H11NO2. The van der Waals surface area contributed by atoms with Crippen LogP contribution in [0.2, 0.25) is 0 Å². The van der Waals surface area contributed by atoms with Crippen molar-refractivity contribution in [1.29, 1.82) is 0 Å². The van der Waals surface area contributed by atoms with Gasteiger partial charge in [0.1, 0.15) is 0 Å². The van der Waals surface area contributed by atoms with Crippen LogP contribution in [0, 0.1) is 5.41 Å². The zero-order valence-corrected chi connectivity index (χ0v) is 5.73. The van der Waals surface area contributed by atoms with Gasteiger partial charge in [0.05, 0.1) is 5.41 Å². The molecule has 0 aromatic heterocycles. The van der Waals surface area contributed by atoms with Gasteiger partial charge in [-0.2, -0.15) is 0 Å². The van der Waals surface area contributed by atoms with Crippen LogP contribution in [0.3, 0.4) is 0 Å². The number of carbonyl (C=O) groups is 2. The van der Waals surface area contributed by atoms with E-state index < -0.39 is 24.1 Å². The van der Waals surface area contributed by atoms with Crippen molar-refractivity contribution in [3.63, 3.8) is 0 Å². The van der Waals surface area contributed by atoms with Gasteiger partial charge in [0, 0.05) is 10.5 Å². The Labute approximate surface area is 64.0 Å². The molecular weight excluding hydrogens is 131 g/mol. The lowest BCUT2D eigenvalue weighted by atomic mass is 9.88. The first-order chi connectivity index (χ1) is 5.73. The van der Waals surface area contributed by atoms with Crippen molar-refractivity contribution in [2.75, 3.05) is 0 Å². The highest BCUT2D eigenvalue weighted by molar-refractivity contribution is 6.05. The molecule has 3 heteroatoms. The Kier molecular flexibility index (Phi) is 0.853. The minimum atomic E-state index is -2.17. The predicted molar refractivity (Wildman–Crippen MR) is 36.2 cm³/mol. The van der Waals surface area contributed by atoms with Gasteiger partial charge in [-0.25, -0.2) is 0 Å². The molecule has 0 bridgehead atoms. The molecule has 56 valence electrons. The van der Waals surface area contributed by atoms with E-state index >= 15 is 0 Å². The number of imide groups is 1. The van der Waals surface area contributed by atoms with Gasteiger partial charge in [-0.05, 0) is 6.42 Å². The Bertz CT molecular complexity index is 261. The van der Waals surface area contributed by atoms with Gasteiger partial charge in [-0.3, -0.25) is 14.9 Å². The number of amides is 2. The van der Waals surface area contributed by atoms with Gasteiger partial charge in [0.2, 0.25) is 11.8 Å². The molecule has 1 aliphatic heterocycles. The van der Waals surface area contributed by atoms with Gasteiger partial charge in [-0.15, -0.1) is 0 Å². The molecule has 0 aromatic carbocycles. The first kappa shape index (κ1) is 4.11. The van der Waals surface area contributed by atoms with Crippen LogP contribution < -0.4 is 5.32 Å². The van der Waals surface area contributed by atoms with Crippen LogP contribution in [-0.4, -0.2) is 11.8 Å². The molecule has 0 radical (unpaired) electrons. The molecule has 1 fully saturated rings. The summed E-state index contributed by atoms with van der Waals surface area (Å²) in [6.45, 7) is -0.670. The fourth-order valence-electron chi connectivity index (χ4n) is 0.899. The molecule has 1 saturated heterocycles. The van der Waals surface area contributed by atoms with Crippen LogP contribution in [0.25, 0.3) is 0 Å². The van der Waals surface area contributed by atoms with Crippen molar-refractivity contribution in [2.24, 2.45) is 5.41 Å². The van der Waals surface area contributed by atoms with Crippen LogP contribution in [0.5, 0.6) is 0 Å². The Hall–Kier alpha value is -0.860. The Morgan fingerprint density at radius 2 is 2.50 bits per heavy atom. The zero-order chi connectivity index (χ0) is 10.3. The van der Waals surface area contributed by atoms with Crippen molar-refractivity contribution in [2.45, 2.75) is 26.6 Å². The average Bonchev–Trinajstić information content (AvgIpc) is 2.00. The Morgan fingerprint density at radius 1 is 1.80 bits per heavy atom. The molecule has 10 heavy (non-hydrogen) atoms. The summed E-state index contributed by atoms with van der Waals surface area (Å²) in [5.74, 6) is -0.870. The Balaban J connectivity index is 2.77. The van der Waals surface area contributed by atoms with Crippen LogP contribution in [0.4, 0.5) is 0 Å². The third kappa shape index (κ3) is 0.916. The van der Waals surface area contributed by atoms with Crippen LogP contribution >= 0.6 is 0 Å². The van der Waals surface area contributed by atoms with E-state index in [2.05, 4.69) is 5.32 Å². The second-order valence-corrected chi connectivity index (χ2v) is 2.79. The summed E-state index contributed by atoms with van der Waals surface area (Å²) in [6, 6.07) is 0. The summed E-state index contributed by atoms with van der Waals surface area (Å²) in [4.78, 5) is 22.0. The molecule has 1 unspecified atom stereocenters. The highest BCUT2D eigenvalue weighted by atomic mass is 16.2. The molecule has 0 aromatic rings. The standard InChI is InChI=1S/C7H11NO2/c1-3-7(2)4-5(9)8-6(7)10/h3-4H2,1-2H3,(H,8,9,10)/i1+1D3. The van der Waals surface area contributed by atoms with Crippen LogP contribution in [0.15, 0.2) is 0 Å². The fraction of sp³-hybridized carbons (Fsp3) is 0.714. The third-order valence-corrected chi connectivity index (χ3v) is 1.74. The summed E-state index contributed by atoms with van der Waals surface area (Å²) in [5.41, 5.74) is -1.05. The van der Waals surface area contributed by atoms with E-state index in [9.17, 15) is 9.59 Å². The van der Waals surface area contributed by atoms with E-state index in [1.165, 1.54) is 6.92 Å². The summed E-state index contributed by atoms with van der Waals surface area (Å²) in [7, 11) is 0. The topological polar surface area (TPSA) is 46.2 Å². The normalized spacial score (nSPS) is 38.3. The maximum Gasteiger partial charge on any atom is 0.232 e. The summed E-state index contributed by atoms with van der Waals surface area (Å²) in [6.07, 6.45) is -0.276. The quantitative estimate of drug-likeness (QED) is 0.430. The lowest BCUT2D eigenvalue weighted by Crippen LogP contribution is -2.28. The average molecular weight is 145 g/mol. The van der Waals surface area contributed by atoms with E-state index in [1.807, 2.05) is 0 Å². The summed E-state index contributed by atoms with van der Waals surface area (Å²) < 4.78 is 21.1. The van der Waals surface area contributed by atoms with E-state index in [-0.39, 0.29) is 12.8 Å². The number of rotatable bonds is 1. The SMILES string of the molecule is [2H][13C]([2H])([2H])CC1(C)CC(=O)NC1=O. The molecule has 3 nitrogen and oxygen atoms in total. The van der Waals surface area contributed by atoms with E-state index in [0.29, 0.717) is 0 Å². The molecule has 1 rings (SSSR count). The monoisotopic (exact) mass is 145 g/mol. The second-order valence-electron chi connectivity index (χ2n) is 2.79. The largest absolute Gasteiger partial charge is 0.296 e. The summed E-state index contributed by atoms with van der Waals surface area (Å²) in [5, 5.41) is 2.10. The molecule has 1 heterocycles. The van der Waals surface area contributed by atoms with Crippen LogP contribution in [-0.2, 0) is 9.59 Å². The number of hydrogen-bond donors (Lipinski definition) is 1. The van der Waals surface area contributed by atoms with E-state index in [1.54, 1.807) is 0 Å². The highest BCUT2D eigenvalue weighted by Crippen LogP contribution is 2.29. The van der Waals surface area contributed by atoms with Gasteiger partial charge in [0.25, 0.3) is 0 Å². The minimum absolute atomic E-state index is 0.0236. The summed E-state index contributed by atoms with van der Waals surface area (Å²) >= 11 is 0. The number of carbonyl (C=O) groups excluding carboxylic acids is 2. The highest BCUT2D eigenvalue weighted by Gasteiger charge is 2.40. The first-order valence-corrected chi connectivity index (χ1v) is 3.07. The number of hydrogen-bond acceptors (Lipinski definition) is 2. The smallest absolute Gasteiger partial charge is 0.232 e. The first-order valence-electron chi connectivity index (χ1n) is 4.57. The lowest BCUT2D eigenvalue weighted by Gasteiger charge is -2.14. The fourth-order valence-corrected chi connectivity index (χ4v) is 0.899. The van der Waals surface area contributed by atoms with E-state index in [0.717, 1.165) is 0 Å². The maximum absolute atomic E-state index is 11.2. The number of nitrogens with one attached hydrogen (secondary N) is 1. The minimum Gasteiger partial charge on any atom is -0.296 e. The molecule has 0 saturated carbocycles. The molecule has 2 amide bonds. The van der Waals surface area contributed by atoms with Crippen molar-refractivity contribution in [3.05, 3.63) is 0 Å². The van der Waals surface area contributed by atoms with Crippen molar-refractivity contribution in [3.8, 4) is 0 Å². The van der Waals surface area contributed by atoms with Gasteiger partial charge in [0.15, 0.2) is 0 Å². The zero-order valence-electron chi connectivity index (χ0n) is 8.73. The lowest BCUT2D eigenvalue weighted by molar-refractivity contribution is -0.128. The third-order valence-electron chi connectivity index (χ3n) is 1.74. The Morgan fingerprint density at radius 3 is 2.90 bits per heavy atom. The molecule has 1 aliphatic rings. The molecule has 0 aliphatic carbocycles. The van der Waals surface area contributed by atoms with Gasteiger partial charge in [-0.1, -0.05) is 13.8 Å². The van der Waals surface area contributed by atoms with E-state index in [4.69, 9.17) is 4.11 Å².